The summed E-state index contributed by atoms with van der Waals surface area (Å²) in [6.07, 6.45) is 8.16. The van der Waals surface area contributed by atoms with Crippen molar-refractivity contribution in [2.75, 3.05) is 0 Å². The van der Waals surface area contributed by atoms with Gasteiger partial charge in [0.25, 0.3) is 0 Å². The summed E-state index contributed by atoms with van der Waals surface area (Å²) in [4.78, 5) is 20.6. The van der Waals surface area contributed by atoms with Crippen LogP contribution in [0.4, 0.5) is 0 Å². The van der Waals surface area contributed by atoms with Gasteiger partial charge in [-0.25, -0.2) is 9.97 Å². The maximum absolute atomic E-state index is 5.09. The molecule has 0 fully saturated rings. The van der Waals surface area contributed by atoms with Crippen LogP contribution < -0.4 is 10.7 Å². The Morgan fingerprint density at radius 2 is 0.787 bits per heavy atom. The second-order valence-electron chi connectivity index (χ2n) is 13.7. The Kier molecular flexibility index (Phi) is 47.3. The summed E-state index contributed by atoms with van der Waals surface area (Å²) in [5.74, 6) is 0. The fourth-order valence-electron chi connectivity index (χ4n) is 5.96. The van der Waals surface area contributed by atoms with Crippen LogP contribution in [-0.2, 0) is 24.0 Å². The topological polar surface area (TPSA) is 95.7 Å². The molecule has 8 nitrogen and oxygen atoms in total. The summed E-state index contributed by atoms with van der Waals surface area (Å²) >= 11 is 2.61. The molecule has 75 heavy (non-hydrogen) atoms. The number of hydrogen-bond acceptors (Lipinski definition) is 7. The monoisotopic (exact) mass is 1060 g/mol. The number of pyridine rings is 2. The second kappa shape index (κ2) is 47.3. The van der Waals surface area contributed by atoms with Gasteiger partial charge >= 0.3 is 97.8 Å². The summed E-state index contributed by atoms with van der Waals surface area (Å²) < 4.78 is 13.4. The van der Waals surface area contributed by atoms with Gasteiger partial charge in [0.1, 0.15) is 11.0 Å². The van der Waals surface area contributed by atoms with Crippen molar-refractivity contribution in [1.29, 1.82) is 0 Å². The van der Waals surface area contributed by atoms with Gasteiger partial charge in [0.05, 0.1) is 16.6 Å². The largest absolute Gasteiger partial charge is 0.443 e. The van der Waals surface area contributed by atoms with E-state index in [9.17, 15) is 0 Å². The quantitative estimate of drug-likeness (QED) is 0.149. The molecule has 0 aliphatic carbocycles. The Labute approximate surface area is 464 Å². The molecule has 10 rings (SSSR count). The van der Waals surface area contributed by atoms with Gasteiger partial charge in [-0.3, -0.25) is 15.0 Å². The third kappa shape index (κ3) is 26.5. The molecule has 0 radical (unpaired) electrons. The Bertz CT molecular complexity index is 2990. The Balaban J connectivity index is -0.000000392. The zero-order valence-electron chi connectivity index (χ0n) is 51.1. The molecule has 0 saturated heterocycles. The van der Waals surface area contributed by atoms with Gasteiger partial charge in [0.2, 0.25) is 0 Å². The van der Waals surface area contributed by atoms with Gasteiger partial charge in [0, 0.05) is 24.0 Å². The van der Waals surface area contributed by atoms with Crippen LogP contribution in [0, 0.1) is 38.5 Å². The van der Waals surface area contributed by atoms with E-state index in [-0.39, 0.29) is 0 Å². The van der Waals surface area contributed by atoms with E-state index in [1.165, 1.54) is 60.6 Å². The van der Waals surface area contributed by atoms with Crippen molar-refractivity contribution >= 4 is 68.1 Å². The van der Waals surface area contributed by atoms with Crippen LogP contribution in [0.5, 0.6) is 0 Å². The van der Waals surface area contributed by atoms with Crippen molar-refractivity contribution in [1.82, 2.24) is 29.5 Å². The van der Waals surface area contributed by atoms with Crippen molar-refractivity contribution in [3.05, 3.63) is 177 Å². The molecule has 5 aromatic heterocycles. The van der Waals surface area contributed by atoms with Gasteiger partial charge in [-0.1, -0.05) is 161 Å². The average Bonchev–Trinajstić information content (AvgIpc) is 4.17. The second-order valence-corrected chi connectivity index (χ2v) is 14.4. The standard InChI is InChI=1S/C13H13N.C10H9N.C9H8N2.2C8H7NO.9C2H6.V/c1-9-5-6-13-11(3)14(4)10(2)8-12(13)7-9;1-8-4-5-10-9(7-8)3-2-6-11-10;1-7-2-3-8-9(6-7)11-5-4-10-8;1-6-2-3-8-7(4-6)9-5-10-8;1-6-2-3-7-8(4-6)10-5-9-7;9*1-2;/h5-7H,2-3H2,1,4H3;2-7H,1H3;2-6H,1H3;2*2-5H,1H3;9*1-2H3;. The fraction of sp³-hybridized carbons (Fsp3) is 0.364. The maximum Gasteiger partial charge on any atom is 0.181 e. The van der Waals surface area contributed by atoms with E-state index in [1.807, 2.05) is 230 Å². The van der Waals surface area contributed by atoms with E-state index in [0.717, 1.165) is 49.4 Å². The van der Waals surface area contributed by atoms with E-state index in [4.69, 9.17) is 8.83 Å². The number of fused-ring (bicyclic) bond motifs is 5. The third-order valence-electron chi connectivity index (χ3n) is 9.18. The van der Waals surface area contributed by atoms with Crippen LogP contribution in [-0.4, -0.2) is 29.5 Å². The van der Waals surface area contributed by atoms with E-state index < -0.39 is 0 Å². The number of benzene rings is 5. The van der Waals surface area contributed by atoms with Crippen LogP contribution >= 0.6 is 0 Å². The van der Waals surface area contributed by atoms with Crippen LogP contribution in [0.2, 0.25) is 0 Å². The Hall–Kier alpha value is -6.48. The zero-order chi connectivity index (χ0) is 58.5. The van der Waals surface area contributed by atoms with Gasteiger partial charge in [-0.05, 0) is 99.0 Å². The molecular weight excluding hydrogens is 960 g/mol. The molecule has 409 valence electrons. The molecule has 0 atom stereocenters. The van der Waals surface area contributed by atoms with Gasteiger partial charge in [-0.2, -0.15) is 0 Å². The van der Waals surface area contributed by atoms with Gasteiger partial charge in [-0.15, -0.1) is 0 Å². The first-order valence-corrected chi connectivity index (χ1v) is 28.0. The van der Waals surface area contributed by atoms with Gasteiger partial charge in [0.15, 0.2) is 24.0 Å². The molecule has 0 unspecified atom stereocenters. The smallest absolute Gasteiger partial charge is 0.181 e. The van der Waals surface area contributed by atoms with Crippen LogP contribution in [0.3, 0.4) is 0 Å². The zero-order valence-corrected chi connectivity index (χ0v) is 52.5. The number of aryl methyl sites for hydroxylation is 5. The van der Waals surface area contributed by atoms with Crippen molar-refractivity contribution in [3.8, 4) is 0 Å². The minimum atomic E-state index is 0.852. The molecule has 5 heterocycles. The summed E-state index contributed by atoms with van der Waals surface area (Å²) in [6, 6.07) is 34.7. The Morgan fingerprint density at radius 3 is 1.36 bits per heavy atom. The SMILES string of the molecule is C=c1[c](=[V])c2cc(C)ccc2c(=C)n1C.CC.CC.CC.CC.CC.CC.CC.CC.CC.Cc1ccc2ncccc2c1.Cc1ccc2nccnc2c1.Cc1ccc2ncoc2c1.Cc1ccc2ocnc2c1. The number of oxazole rings is 2. The van der Waals surface area contributed by atoms with Crippen LogP contribution in [0.1, 0.15) is 152 Å². The third-order valence-corrected chi connectivity index (χ3v) is 9.96. The summed E-state index contributed by atoms with van der Waals surface area (Å²) in [5.41, 5.74) is 12.7. The number of aromatic nitrogens is 6. The predicted molar refractivity (Wildman–Crippen MR) is 332 cm³/mol. The minimum Gasteiger partial charge on any atom is -0.443 e. The fourth-order valence-corrected chi connectivity index (χ4v) is 6.49. The normalized spacial score (nSPS) is 8.68. The van der Waals surface area contributed by atoms with Crippen molar-refractivity contribution in [2.45, 2.75) is 159 Å². The number of hydrogen-bond donors (Lipinski definition) is 0. The molecule has 0 aliphatic rings. The molecule has 0 bridgehead atoms. The maximum atomic E-state index is 5.09. The van der Waals surface area contributed by atoms with E-state index in [2.05, 4.69) is 105 Å². The number of nitrogens with zero attached hydrogens (tertiary/aromatic N) is 6. The molecule has 5 aromatic carbocycles. The van der Waals surface area contributed by atoms with Crippen LogP contribution in [0.15, 0.2) is 143 Å². The van der Waals surface area contributed by atoms with E-state index in [1.54, 1.807) is 12.4 Å². The molecule has 0 spiro atoms. The predicted octanol–water partition coefficient (Wildman–Crippen LogP) is 19.4. The van der Waals surface area contributed by atoms with Crippen molar-refractivity contribution in [3.63, 3.8) is 0 Å². The summed E-state index contributed by atoms with van der Waals surface area (Å²) in [6.45, 7) is 54.5. The first-order valence-electron chi connectivity index (χ1n) is 27.3. The molecule has 9 heteroatoms. The summed E-state index contributed by atoms with van der Waals surface area (Å²) in [7, 11) is 2.00. The molecule has 0 N–H and O–H groups in total. The van der Waals surface area contributed by atoms with E-state index in [0.29, 0.717) is 0 Å². The van der Waals surface area contributed by atoms with Crippen molar-refractivity contribution < 1.29 is 25.8 Å². The minimum absolute atomic E-state index is 0.852. The number of rotatable bonds is 0. The van der Waals surface area contributed by atoms with Gasteiger partial charge < -0.3 is 8.83 Å². The van der Waals surface area contributed by atoms with Crippen molar-refractivity contribution in [2.24, 2.45) is 7.05 Å². The molecule has 0 saturated carbocycles. The molecule has 10 aromatic rings. The first kappa shape index (κ1) is 75.0. The van der Waals surface area contributed by atoms with E-state index >= 15 is 0 Å². The molecule has 0 amide bonds. The Morgan fingerprint density at radius 1 is 0.373 bits per heavy atom. The summed E-state index contributed by atoms with van der Waals surface area (Å²) in [5, 5.41) is 5.68. The first-order chi connectivity index (χ1) is 36.5. The van der Waals surface area contributed by atoms with Crippen LogP contribution in [0.25, 0.3) is 68.1 Å². The molecular formula is C66H98N6O2V. The molecule has 0 aliphatic heterocycles. The average molecular weight is 1060 g/mol.